The highest BCUT2D eigenvalue weighted by Crippen LogP contribution is 2.22. The van der Waals surface area contributed by atoms with Gasteiger partial charge in [0.15, 0.2) is 0 Å². The van der Waals surface area contributed by atoms with Crippen LogP contribution in [0.5, 0.6) is 5.75 Å². The van der Waals surface area contributed by atoms with E-state index in [1.165, 1.54) is 6.07 Å². The van der Waals surface area contributed by atoms with Crippen LogP contribution < -0.4 is 5.32 Å². The number of benzene rings is 1. The van der Waals surface area contributed by atoms with Gasteiger partial charge in [0.1, 0.15) is 5.75 Å². The maximum Gasteiger partial charge on any atom is 0.251 e. The van der Waals surface area contributed by atoms with Gasteiger partial charge < -0.3 is 15.2 Å². The van der Waals surface area contributed by atoms with Crippen molar-refractivity contribution in [3.05, 3.63) is 29.3 Å². The molecule has 0 heterocycles. The molecule has 0 aliphatic heterocycles. The molecule has 18 heavy (non-hydrogen) atoms. The summed E-state index contributed by atoms with van der Waals surface area (Å²) >= 11 is 0. The van der Waals surface area contributed by atoms with Crippen molar-refractivity contribution in [2.24, 2.45) is 0 Å². The zero-order chi connectivity index (χ0) is 13.1. The highest BCUT2D eigenvalue weighted by atomic mass is 16.5. The number of carbonyl (C=O) groups excluding carboxylic acids is 1. The lowest BCUT2D eigenvalue weighted by molar-refractivity contribution is 0.0722. The third-order valence-corrected chi connectivity index (χ3v) is 3.54. The van der Waals surface area contributed by atoms with E-state index >= 15 is 0 Å². The lowest BCUT2D eigenvalue weighted by Crippen LogP contribution is -2.40. The fourth-order valence-corrected chi connectivity index (χ4v) is 2.38. The molecule has 2 atom stereocenters. The number of carbonyl (C=O) groups is 1. The van der Waals surface area contributed by atoms with E-state index < -0.39 is 0 Å². The quantitative estimate of drug-likeness (QED) is 0.861. The normalized spacial score (nSPS) is 23.0. The molecule has 2 rings (SSSR count). The maximum absolute atomic E-state index is 12.0. The van der Waals surface area contributed by atoms with Crippen molar-refractivity contribution in [3.8, 4) is 5.75 Å². The average molecular weight is 249 g/mol. The largest absolute Gasteiger partial charge is 0.508 e. The zero-order valence-corrected chi connectivity index (χ0v) is 10.8. The van der Waals surface area contributed by atoms with Gasteiger partial charge in [-0.25, -0.2) is 0 Å². The molecule has 2 N–H and O–H groups in total. The van der Waals surface area contributed by atoms with Gasteiger partial charge >= 0.3 is 0 Å². The summed E-state index contributed by atoms with van der Waals surface area (Å²) < 4.78 is 5.34. The maximum atomic E-state index is 12.0. The summed E-state index contributed by atoms with van der Waals surface area (Å²) in [5.41, 5.74) is 1.25. The van der Waals surface area contributed by atoms with E-state index in [1.807, 2.05) is 0 Å². The van der Waals surface area contributed by atoms with Crippen molar-refractivity contribution >= 4 is 5.91 Å². The lowest BCUT2D eigenvalue weighted by Gasteiger charge is -2.19. The van der Waals surface area contributed by atoms with E-state index in [9.17, 15) is 9.90 Å². The van der Waals surface area contributed by atoms with E-state index in [4.69, 9.17) is 4.74 Å². The van der Waals surface area contributed by atoms with Crippen LogP contribution >= 0.6 is 0 Å². The number of ether oxygens (including phenoxy) is 1. The van der Waals surface area contributed by atoms with E-state index in [0.29, 0.717) is 5.56 Å². The second kappa shape index (κ2) is 5.40. The number of phenolic OH excluding ortho intramolecular Hbond substituents is 1. The number of nitrogens with one attached hydrogen (secondary N) is 1. The van der Waals surface area contributed by atoms with E-state index in [-0.39, 0.29) is 23.8 Å². The summed E-state index contributed by atoms with van der Waals surface area (Å²) in [5, 5.41) is 12.6. The number of rotatable bonds is 3. The molecule has 4 heteroatoms. The molecule has 1 aliphatic carbocycles. The minimum absolute atomic E-state index is 0.0749. The molecule has 1 aromatic rings. The highest BCUT2D eigenvalue weighted by molar-refractivity contribution is 5.94. The van der Waals surface area contributed by atoms with E-state index in [2.05, 4.69) is 5.32 Å². The topological polar surface area (TPSA) is 58.6 Å². The molecule has 98 valence electrons. The van der Waals surface area contributed by atoms with Crippen LogP contribution in [0.15, 0.2) is 18.2 Å². The van der Waals surface area contributed by atoms with Crippen LogP contribution in [0.1, 0.15) is 35.2 Å². The number of hydrogen-bond acceptors (Lipinski definition) is 3. The Labute approximate surface area is 107 Å². The van der Waals surface area contributed by atoms with Gasteiger partial charge in [-0.15, -0.1) is 0 Å². The molecule has 0 bridgehead atoms. The van der Waals surface area contributed by atoms with Crippen molar-refractivity contribution < 1.29 is 14.6 Å². The molecule has 0 spiro atoms. The van der Waals surface area contributed by atoms with Gasteiger partial charge in [0.25, 0.3) is 5.91 Å². The molecule has 0 saturated heterocycles. The third kappa shape index (κ3) is 2.64. The molecular weight excluding hydrogens is 230 g/mol. The molecule has 0 aromatic heterocycles. The molecule has 4 nitrogen and oxygen atoms in total. The monoisotopic (exact) mass is 249 g/mol. The highest BCUT2D eigenvalue weighted by Gasteiger charge is 2.28. The van der Waals surface area contributed by atoms with Crippen molar-refractivity contribution in [2.45, 2.75) is 38.3 Å². The van der Waals surface area contributed by atoms with Gasteiger partial charge in [-0.1, -0.05) is 6.07 Å². The molecule has 1 aromatic carbocycles. The van der Waals surface area contributed by atoms with E-state index in [0.717, 1.165) is 24.8 Å². The molecular formula is C14H19NO3. The Kier molecular flexibility index (Phi) is 3.87. The number of aryl methyl sites for hydroxylation is 1. The van der Waals surface area contributed by atoms with E-state index in [1.54, 1.807) is 26.2 Å². The summed E-state index contributed by atoms with van der Waals surface area (Å²) in [6, 6.07) is 5.04. The van der Waals surface area contributed by atoms with Crippen LogP contribution in [-0.2, 0) is 4.74 Å². The standard InChI is InChI=1S/C14H19NO3/c1-9-6-7-10(8-12(9)16)14(17)15-11-4-3-5-13(11)18-2/h6-8,11,13,16H,3-5H2,1-2H3,(H,15,17). The molecule has 1 saturated carbocycles. The number of amides is 1. The van der Waals surface area contributed by atoms with Gasteiger partial charge in [-0.2, -0.15) is 0 Å². The zero-order valence-electron chi connectivity index (χ0n) is 10.8. The Morgan fingerprint density at radius 1 is 1.44 bits per heavy atom. The first-order valence-electron chi connectivity index (χ1n) is 6.25. The summed E-state index contributed by atoms with van der Waals surface area (Å²) in [6.45, 7) is 1.80. The van der Waals surface area contributed by atoms with Crippen LogP contribution in [0.25, 0.3) is 0 Å². The molecule has 2 unspecified atom stereocenters. The number of aromatic hydroxyl groups is 1. The number of methoxy groups -OCH3 is 1. The van der Waals surface area contributed by atoms with Crippen LogP contribution in [0.3, 0.4) is 0 Å². The van der Waals surface area contributed by atoms with Crippen LogP contribution in [0.2, 0.25) is 0 Å². The van der Waals surface area contributed by atoms with Gasteiger partial charge in [0.2, 0.25) is 0 Å². The molecule has 1 amide bonds. The fourth-order valence-electron chi connectivity index (χ4n) is 2.38. The van der Waals surface area contributed by atoms with Gasteiger partial charge in [0.05, 0.1) is 12.1 Å². The second-order valence-corrected chi connectivity index (χ2v) is 4.79. The Bertz CT molecular complexity index is 445. The predicted octanol–water partition coefficient (Wildman–Crippen LogP) is 2.00. The third-order valence-electron chi connectivity index (χ3n) is 3.54. The van der Waals surface area contributed by atoms with Crippen LogP contribution in [0, 0.1) is 6.92 Å². The first kappa shape index (κ1) is 12.9. The summed E-state index contributed by atoms with van der Waals surface area (Å²) in [7, 11) is 1.67. The van der Waals surface area contributed by atoms with Gasteiger partial charge in [-0.3, -0.25) is 4.79 Å². The summed E-state index contributed by atoms with van der Waals surface area (Å²) in [4.78, 5) is 12.0. The first-order valence-corrected chi connectivity index (χ1v) is 6.25. The van der Waals surface area contributed by atoms with Crippen LogP contribution in [0.4, 0.5) is 0 Å². The van der Waals surface area contributed by atoms with Crippen molar-refractivity contribution in [1.82, 2.24) is 5.32 Å². The second-order valence-electron chi connectivity index (χ2n) is 4.79. The fraction of sp³-hybridized carbons (Fsp3) is 0.500. The molecule has 0 radical (unpaired) electrons. The Morgan fingerprint density at radius 2 is 2.22 bits per heavy atom. The van der Waals surface area contributed by atoms with Crippen molar-refractivity contribution in [1.29, 1.82) is 0 Å². The minimum Gasteiger partial charge on any atom is -0.508 e. The number of phenols is 1. The van der Waals surface area contributed by atoms with Crippen LogP contribution in [-0.4, -0.2) is 30.3 Å². The Hall–Kier alpha value is -1.55. The predicted molar refractivity (Wildman–Crippen MR) is 68.7 cm³/mol. The summed E-state index contributed by atoms with van der Waals surface area (Å²) in [6.07, 6.45) is 3.11. The van der Waals surface area contributed by atoms with Gasteiger partial charge in [0, 0.05) is 12.7 Å². The minimum atomic E-state index is -0.153. The summed E-state index contributed by atoms with van der Waals surface area (Å²) in [5.74, 6) is -0.00314. The Morgan fingerprint density at radius 3 is 2.89 bits per heavy atom. The lowest BCUT2D eigenvalue weighted by atomic mass is 10.1. The van der Waals surface area contributed by atoms with Crippen molar-refractivity contribution in [2.75, 3.05) is 7.11 Å². The Balaban J connectivity index is 2.05. The smallest absolute Gasteiger partial charge is 0.251 e. The SMILES string of the molecule is COC1CCCC1NC(=O)c1ccc(C)c(O)c1. The average Bonchev–Trinajstić information content (AvgIpc) is 2.79. The molecule has 1 aliphatic rings. The molecule has 1 fully saturated rings. The van der Waals surface area contributed by atoms with Gasteiger partial charge in [-0.05, 0) is 43.9 Å². The number of hydrogen-bond donors (Lipinski definition) is 2. The van der Waals surface area contributed by atoms with Crippen molar-refractivity contribution in [3.63, 3.8) is 0 Å². The first-order chi connectivity index (χ1) is 8.61.